The molecule has 2 aromatic rings. The highest BCUT2D eigenvalue weighted by Crippen LogP contribution is 2.23. The van der Waals surface area contributed by atoms with Gasteiger partial charge in [0.1, 0.15) is 11.8 Å². The SMILES string of the molecule is CC(C)NC(=O)C(C)NC(=O)C(N)Cc1ccc(-c2cccc(O)c2)cc1. The molecule has 27 heavy (non-hydrogen) atoms. The first-order valence-electron chi connectivity index (χ1n) is 9.01. The van der Waals surface area contributed by atoms with E-state index in [1.165, 1.54) is 0 Å². The quantitative estimate of drug-likeness (QED) is 0.599. The van der Waals surface area contributed by atoms with Crippen molar-refractivity contribution in [2.24, 2.45) is 5.73 Å². The zero-order valence-electron chi connectivity index (χ0n) is 15.9. The third-order valence-corrected chi connectivity index (χ3v) is 4.11. The van der Waals surface area contributed by atoms with E-state index in [-0.39, 0.29) is 23.6 Å². The number of carbonyl (C=O) groups is 2. The molecule has 2 aromatic carbocycles. The van der Waals surface area contributed by atoms with E-state index in [1.807, 2.05) is 44.2 Å². The van der Waals surface area contributed by atoms with Gasteiger partial charge in [0, 0.05) is 6.04 Å². The molecule has 6 heteroatoms. The van der Waals surface area contributed by atoms with Crippen LogP contribution in [0.5, 0.6) is 5.75 Å². The van der Waals surface area contributed by atoms with Crippen LogP contribution in [0.2, 0.25) is 0 Å². The van der Waals surface area contributed by atoms with Gasteiger partial charge in [0.15, 0.2) is 0 Å². The van der Waals surface area contributed by atoms with Gasteiger partial charge in [0.25, 0.3) is 0 Å². The van der Waals surface area contributed by atoms with Crippen LogP contribution in [-0.2, 0) is 16.0 Å². The van der Waals surface area contributed by atoms with E-state index in [9.17, 15) is 14.7 Å². The lowest BCUT2D eigenvalue weighted by molar-refractivity contribution is -0.129. The summed E-state index contributed by atoms with van der Waals surface area (Å²) in [5, 5.41) is 15.0. The fourth-order valence-electron chi connectivity index (χ4n) is 2.66. The highest BCUT2D eigenvalue weighted by atomic mass is 16.3. The molecule has 0 aromatic heterocycles. The normalized spacial score (nSPS) is 13.1. The van der Waals surface area contributed by atoms with Gasteiger partial charge in [-0.2, -0.15) is 0 Å². The van der Waals surface area contributed by atoms with Crippen LogP contribution in [0, 0.1) is 0 Å². The summed E-state index contributed by atoms with van der Waals surface area (Å²) in [6, 6.07) is 13.3. The van der Waals surface area contributed by atoms with E-state index in [1.54, 1.807) is 25.1 Å². The van der Waals surface area contributed by atoms with E-state index in [4.69, 9.17) is 5.73 Å². The Labute approximate surface area is 159 Å². The molecule has 0 spiro atoms. The second kappa shape index (κ2) is 9.19. The summed E-state index contributed by atoms with van der Waals surface area (Å²) >= 11 is 0. The molecule has 5 N–H and O–H groups in total. The van der Waals surface area contributed by atoms with Crippen LogP contribution >= 0.6 is 0 Å². The minimum atomic E-state index is -0.745. The second-order valence-electron chi connectivity index (χ2n) is 6.95. The Balaban J connectivity index is 1.94. The van der Waals surface area contributed by atoms with Crippen molar-refractivity contribution in [3.05, 3.63) is 54.1 Å². The molecule has 0 aliphatic rings. The fourth-order valence-corrected chi connectivity index (χ4v) is 2.66. The molecular weight excluding hydrogens is 342 g/mol. The average Bonchev–Trinajstić information content (AvgIpc) is 2.61. The van der Waals surface area contributed by atoms with Crippen LogP contribution in [0.25, 0.3) is 11.1 Å². The van der Waals surface area contributed by atoms with Crippen molar-refractivity contribution in [2.45, 2.75) is 45.3 Å². The minimum Gasteiger partial charge on any atom is -0.508 e. The Hall–Kier alpha value is -2.86. The monoisotopic (exact) mass is 369 g/mol. The van der Waals surface area contributed by atoms with Crippen LogP contribution in [-0.4, -0.2) is 35.0 Å². The van der Waals surface area contributed by atoms with E-state index < -0.39 is 12.1 Å². The van der Waals surface area contributed by atoms with Gasteiger partial charge in [-0.3, -0.25) is 9.59 Å². The molecule has 0 bridgehead atoms. The highest BCUT2D eigenvalue weighted by molar-refractivity contribution is 5.89. The molecule has 2 amide bonds. The van der Waals surface area contributed by atoms with Crippen LogP contribution in [0.15, 0.2) is 48.5 Å². The molecule has 0 aliphatic carbocycles. The number of nitrogens with one attached hydrogen (secondary N) is 2. The summed E-state index contributed by atoms with van der Waals surface area (Å²) in [5.41, 5.74) is 8.78. The van der Waals surface area contributed by atoms with E-state index >= 15 is 0 Å². The molecule has 0 heterocycles. The smallest absolute Gasteiger partial charge is 0.242 e. The molecule has 0 radical (unpaired) electrons. The number of phenolic OH excluding ortho intramolecular Hbond substituents is 1. The predicted molar refractivity (Wildman–Crippen MR) is 106 cm³/mol. The first-order chi connectivity index (χ1) is 12.8. The number of carbonyl (C=O) groups excluding carboxylic acids is 2. The minimum absolute atomic E-state index is 0.00978. The number of phenols is 1. The topological polar surface area (TPSA) is 104 Å². The van der Waals surface area contributed by atoms with Crippen LogP contribution < -0.4 is 16.4 Å². The lowest BCUT2D eigenvalue weighted by Gasteiger charge is -2.18. The number of aromatic hydroxyl groups is 1. The maximum absolute atomic E-state index is 12.2. The van der Waals surface area contributed by atoms with Gasteiger partial charge in [-0.05, 0) is 56.0 Å². The summed E-state index contributed by atoms with van der Waals surface area (Å²) < 4.78 is 0. The largest absolute Gasteiger partial charge is 0.508 e. The fraction of sp³-hybridized carbons (Fsp3) is 0.333. The Morgan fingerprint density at radius 2 is 1.63 bits per heavy atom. The number of rotatable bonds is 7. The summed E-state index contributed by atoms with van der Waals surface area (Å²) in [7, 11) is 0. The van der Waals surface area contributed by atoms with Gasteiger partial charge in [-0.1, -0.05) is 36.4 Å². The third-order valence-electron chi connectivity index (χ3n) is 4.11. The molecule has 2 rings (SSSR count). The van der Waals surface area contributed by atoms with Crippen molar-refractivity contribution in [3.8, 4) is 16.9 Å². The Morgan fingerprint density at radius 3 is 2.22 bits per heavy atom. The van der Waals surface area contributed by atoms with Crippen LogP contribution in [0.1, 0.15) is 26.3 Å². The first kappa shape index (κ1) is 20.5. The first-order valence-corrected chi connectivity index (χ1v) is 9.01. The zero-order chi connectivity index (χ0) is 20.0. The van der Waals surface area contributed by atoms with Crippen molar-refractivity contribution in [1.82, 2.24) is 10.6 Å². The second-order valence-corrected chi connectivity index (χ2v) is 6.95. The van der Waals surface area contributed by atoms with Gasteiger partial charge >= 0.3 is 0 Å². The lowest BCUT2D eigenvalue weighted by atomic mass is 10.0. The standard InChI is InChI=1S/C21H27N3O3/c1-13(2)23-20(26)14(3)24-21(27)19(22)11-15-7-9-16(10-8-15)17-5-4-6-18(25)12-17/h4-10,12-14,19,25H,11,22H2,1-3H3,(H,23,26)(H,24,27). The Morgan fingerprint density at radius 1 is 0.963 bits per heavy atom. The molecule has 0 fully saturated rings. The number of hydrogen-bond donors (Lipinski definition) is 4. The number of hydrogen-bond acceptors (Lipinski definition) is 4. The number of amides is 2. The Bertz CT molecular complexity index is 788. The number of benzene rings is 2. The lowest BCUT2D eigenvalue weighted by Crippen LogP contribution is -2.51. The summed E-state index contributed by atoms with van der Waals surface area (Å²) in [6.07, 6.45) is 0.366. The van der Waals surface area contributed by atoms with E-state index in [2.05, 4.69) is 10.6 Å². The average molecular weight is 369 g/mol. The van der Waals surface area contributed by atoms with E-state index in [0.717, 1.165) is 16.7 Å². The maximum Gasteiger partial charge on any atom is 0.242 e. The van der Waals surface area contributed by atoms with Crippen molar-refractivity contribution >= 4 is 11.8 Å². The summed E-state index contributed by atoms with van der Waals surface area (Å²) in [4.78, 5) is 24.1. The summed E-state index contributed by atoms with van der Waals surface area (Å²) in [6.45, 7) is 5.35. The maximum atomic E-state index is 12.2. The van der Waals surface area contributed by atoms with Gasteiger partial charge in [0.05, 0.1) is 6.04 Å². The molecular formula is C21H27N3O3. The third kappa shape index (κ3) is 6.11. The van der Waals surface area contributed by atoms with Crippen molar-refractivity contribution in [3.63, 3.8) is 0 Å². The summed E-state index contributed by atoms with van der Waals surface area (Å²) in [5.74, 6) is -0.384. The Kier molecular flexibility index (Phi) is 6.96. The van der Waals surface area contributed by atoms with Gasteiger partial charge in [-0.25, -0.2) is 0 Å². The predicted octanol–water partition coefficient (Wildman–Crippen LogP) is 1.96. The molecule has 0 saturated heterocycles. The van der Waals surface area contributed by atoms with Gasteiger partial charge < -0.3 is 21.5 Å². The van der Waals surface area contributed by atoms with Crippen LogP contribution in [0.3, 0.4) is 0 Å². The molecule has 2 unspecified atom stereocenters. The number of nitrogens with two attached hydrogens (primary N) is 1. The van der Waals surface area contributed by atoms with Gasteiger partial charge in [0.2, 0.25) is 11.8 Å². The van der Waals surface area contributed by atoms with E-state index in [0.29, 0.717) is 6.42 Å². The zero-order valence-corrected chi connectivity index (χ0v) is 15.9. The van der Waals surface area contributed by atoms with Crippen molar-refractivity contribution in [2.75, 3.05) is 0 Å². The molecule has 0 saturated carbocycles. The molecule has 6 nitrogen and oxygen atoms in total. The van der Waals surface area contributed by atoms with Crippen molar-refractivity contribution in [1.29, 1.82) is 0 Å². The van der Waals surface area contributed by atoms with Crippen LogP contribution in [0.4, 0.5) is 0 Å². The molecule has 2 atom stereocenters. The highest BCUT2D eigenvalue weighted by Gasteiger charge is 2.20. The van der Waals surface area contributed by atoms with Crippen molar-refractivity contribution < 1.29 is 14.7 Å². The van der Waals surface area contributed by atoms with Gasteiger partial charge in [-0.15, -0.1) is 0 Å². The molecule has 0 aliphatic heterocycles. The molecule has 144 valence electrons.